The molecule has 6 heteroatoms. The number of nitrogens with one attached hydrogen (secondary N) is 2. The van der Waals surface area contributed by atoms with Crippen LogP contribution < -0.4 is 10.6 Å². The smallest absolute Gasteiger partial charge is 0.320 e. The molecule has 1 aromatic rings. The number of anilines is 1. The zero-order valence-corrected chi connectivity index (χ0v) is 12.0. The highest BCUT2D eigenvalue weighted by atomic mass is 16.2. The van der Waals surface area contributed by atoms with E-state index in [-0.39, 0.29) is 6.03 Å². The van der Waals surface area contributed by atoms with Crippen LogP contribution in [0.1, 0.15) is 32.1 Å². The summed E-state index contributed by atoms with van der Waals surface area (Å²) in [5.74, 6) is 0.590. The standard InChI is InChI=1S/C14H23N5O/c1-18-9-7-13(17-18)16-14(20)15-10-12-4-2-3-8-19(12)11-5-6-11/h7,9,11-12H,2-6,8,10H2,1H3,(H2,15,16,17,20)/t12-/m1/s1. The zero-order valence-electron chi connectivity index (χ0n) is 12.0. The maximum absolute atomic E-state index is 11.9. The van der Waals surface area contributed by atoms with E-state index in [4.69, 9.17) is 0 Å². The summed E-state index contributed by atoms with van der Waals surface area (Å²) in [5, 5.41) is 9.88. The normalized spacial score (nSPS) is 23.6. The van der Waals surface area contributed by atoms with Crippen molar-refractivity contribution >= 4 is 11.8 Å². The van der Waals surface area contributed by atoms with Crippen molar-refractivity contribution in [2.45, 2.75) is 44.2 Å². The summed E-state index contributed by atoms with van der Waals surface area (Å²) < 4.78 is 1.67. The molecule has 1 saturated carbocycles. The lowest BCUT2D eigenvalue weighted by Crippen LogP contribution is -2.48. The first-order chi connectivity index (χ1) is 9.72. The molecule has 0 unspecified atom stereocenters. The van der Waals surface area contributed by atoms with Gasteiger partial charge in [0.2, 0.25) is 0 Å². The van der Waals surface area contributed by atoms with Crippen molar-refractivity contribution in [2.75, 3.05) is 18.4 Å². The van der Waals surface area contributed by atoms with Gasteiger partial charge in [0.15, 0.2) is 5.82 Å². The van der Waals surface area contributed by atoms with Gasteiger partial charge in [-0.25, -0.2) is 4.79 Å². The number of carbonyl (C=O) groups excluding carboxylic acids is 1. The molecule has 1 aliphatic heterocycles. The third-order valence-electron chi connectivity index (χ3n) is 4.14. The Labute approximate surface area is 119 Å². The van der Waals surface area contributed by atoms with E-state index in [1.54, 1.807) is 10.7 Å². The maximum Gasteiger partial charge on any atom is 0.320 e. The molecule has 2 aliphatic rings. The van der Waals surface area contributed by atoms with Crippen LogP contribution in [0.15, 0.2) is 12.3 Å². The summed E-state index contributed by atoms with van der Waals surface area (Å²) in [4.78, 5) is 14.5. The van der Waals surface area contributed by atoms with Gasteiger partial charge in [-0.1, -0.05) is 6.42 Å². The molecule has 110 valence electrons. The minimum Gasteiger partial charge on any atom is -0.336 e. The highest BCUT2D eigenvalue weighted by molar-refractivity contribution is 5.88. The molecule has 1 aliphatic carbocycles. The van der Waals surface area contributed by atoms with Gasteiger partial charge in [0.1, 0.15) is 0 Å². The summed E-state index contributed by atoms with van der Waals surface area (Å²) in [5.41, 5.74) is 0. The van der Waals surface area contributed by atoms with Gasteiger partial charge < -0.3 is 5.32 Å². The summed E-state index contributed by atoms with van der Waals surface area (Å²) in [6.45, 7) is 1.92. The van der Waals surface area contributed by atoms with Crippen LogP contribution in [-0.4, -0.2) is 45.9 Å². The lowest BCUT2D eigenvalue weighted by Gasteiger charge is -2.35. The van der Waals surface area contributed by atoms with Crippen molar-refractivity contribution in [1.82, 2.24) is 20.0 Å². The van der Waals surface area contributed by atoms with E-state index in [1.807, 2.05) is 13.2 Å². The second-order valence-corrected chi connectivity index (χ2v) is 5.83. The summed E-state index contributed by atoms with van der Waals surface area (Å²) in [7, 11) is 1.83. The molecule has 2 fully saturated rings. The van der Waals surface area contributed by atoms with E-state index in [1.165, 1.54) is 38.6 Å². The fourth-order valence-electron chi connectivity index (χ4n) is 2.98. The molecule has 0 aromatic carbocycles. The van der Waals surface area contributed by atoms with Crippen molar-refractivity contribution in [3.05, 3.63) is 12.3 Å². The first-order valence-electron chi connectivity index (χ1n) is 7.52. The number of hydrogen-bond acceptors (Lipinski definition) is 3. The summed E-state index contributed by atoms with van der Waals surface area (Å²) in [6, 6.07) is 2.91. The van der Waals surface area contributed by atoms with Crippen molar-refractivity contribution < 1.29 is 4.79 Å². The first kappa shape index (κ1) is 13.4. The Bertz CT molecular complexity index is 468. The molecular weight excluding hydrogens is 254 g/mol. The molecule has 0 spiro atoms. The predicted octanol–water partition coefficient (Wildman–Crippen LogP) is 1.56. The first-order valence-corrected chi connectivity index (χ1v) is 7.52. The zero-order chi connectivity index (χ0) is 13.9. The van der Waals surface area contributed by atoms with Crippen LogP contribution in [-0.2, 0) is 7.05 Å². The lowest BCUT2D eigenvalue weighted by atomic mass is 10.0. The Morgan fingerprint density at radius 1 is 1.40 bits per heavy atom. The van der Waals surface area contributed by atoms with Gasteiger partial charge in [0.05, 0.1) is 0 Å². The largest absolute Gasteiger partial charge is 0.336 e. The van der Waals surface area contributed by atoms with Crippen molar-refractivity contribution in [3.63, 3.8) is 0 Å². The lowest BCUT2D eigenvalue weighted by molar-refractivity contribution is 0.138. The number of likely N-dealkylation sites (tertiary alicyclic amines) is 1. The van der Waals surface area contributed by atoms with Crippen molar-refractivity contribution in [1.29, 1.82) is 0 Å². The third-order valence-corrected chi connectivity index (χ3v) is 4.14. The Hall–Kier alpha value is -1.56. The average Bonchev–Trinajstić information content (AvgIpc) is 3.21. The molecule has 0 radical (unpaired) electrons. The van der Waals surface area contributed by atoms with E-state index < -0.39 is 0 Å². The molecule has 6 nitrogen and oxygen atoms in total. The molecular formula is C14H23N5O. The van der Waals surface area contributed by atoms with E-state index >= 15 is 0 Å². The second-order valence-electron chi connectivity index (χ2n) is 5.83. The molecule has 1 atom stereocenters. The van der Waals surface area contributed by atoms with Crippen LogP contribution in [0.3, 0.4) is 0 Å². The number of nitrogens with zero attached hydrogens (tertiary/aromatic N) is 3. The van der Waals surface area contributed by atoms with Crippen LogP contribution in [0.5, 0.6) is 0 Å². The number of hydrogen-bond donors (Lipinski definition) is 2. The van der Waals surface area contributed by atoms with Gasteiger partial charge in [-0.15, -0.1) is 0 Å². The quantitative estimate of drug-likeness (QED) is 0.878. The third kappa shape index (κ3) is 3.30. The Balaban J connectivity index is 1.46. The van der Waals surface area contributed by atoms with Gasteiger partial charge in [-0.2, -0.15) is 5.10 Å². The Morgan fingerprint density at radius 2 is 2.25 bits per heavy atom. The number of carbonyl (C=O) groups is 1. The fraction of sp³-hybridized carbons (Fsp3) is 0.714. The Morgan fingerprint density at radius 3 is 2.95 bits per heavy atom. The van der Waals surface area contributed by atoms with E-state index in [2.05, 4.69) is 20.6 Å². The number of rotatable bonds is 4. The van der Waals surface area contributed by atoms with Crippen LogP contribution in [0, 0.1) is 0 Å². The SMILES string of the molecule is Cn1ccc(NC(=O)NC[C@H]2CCCCN2C2CC2)n1. The van der Waals surface area contributed by atoms with Crippen LogP contribution >= 0.6 is 0 Å². The van der Waals surface area contributed by atoms with Crippen LogP contribution in [0.4, 0.5) is 10.6 Å². The van der Waals surface area contributed by atoms with Gasteiger partial charge in [0.25, 0.3) is 0 Å². The predicted molar refractivity (Wildman–Crippen MR) is 77.6 cm³/mol. The molecule has 2 amide bonds. The van der Waals surface area contributed by atoms with Crippen molar-refractivity contribution in [2.24, 2.45) is 7.05 Å². The second kappa shape index (κ2) is 5.83. The monoisotopic (exact) mass is 277 g/mol. The summed E-state index contributed by atoms with van der Waals surface area (Å²) >= 11 is 0. The van der Waals surface area contributed by atoms with Crippen LogP contribution in [0.2, 0.25) is 0 Å². The van der Waals surface area contributed by atoms with Gasteiger partial charge in [-0.05, 0) is 32.2 Å². The molecule has 1 saturated heterocycles. The van der Waals surface area contributed by atoms with Gasteiger partial charge in [0, 0.05) is 37.9 Å². The minimum absolute atomic E-state index is 0.162. The van der Waals surface area contributed by atoms with Gasteiger partial charge in [-0.3, -0.25) is 14.9 Å². The molecule has 1 aromatic heterocycles. The molecule has 0 bridgehead atoms. The number of urea groups is 1. The minimum atomic E-state index is -0.162. The topological polar surface area (TPSA) is 62.2 Å². The Kier molecular flexibility index (Phi) is 3.91. The molecule has 2 N–H and O–H groups in total. The van der Waals surface area contributed by atoms with Crippen molar-refractivity contribution in [3.8, 4) is 0 Å². The van der Waals surface area contributed by atoms with E-state index in [9.17, 15) is 4.79 Å². The summed E-state index contributed by atoms with van der Waals surface area (Å²) in [6.07, 6.45) is 8.24. The highest BCUT2D eigenvalue weighted by Crippen LogP contribution is 2.32. The van der Waals surface area contributed by atoms with Gasteiger partial charge >= 0.3 is 6.03 Å². The fourth-order valence-corrected chi connectivity index (χ4v) is 2.98. The van der Waals surface area contributed by atoms with E-state index in [0.29, 0.717) is 11.9 Å². The highest BCUT2D eigenvalue weighted by Gasteiger charge is 2.35. The van der Waals surface area contributed by atoms with E-state index in [0.717, 1.165) is 12.6 Å². The number of aromatic nitrogens is 2. The number of aryl methyl sites for hydroxylation is 1. The molecule has 20 heavy (non-hydrogen) atoms. The van der Waals surface area contributed by atoms with Crippen LogP contribution in [0.25, 0.3) is 0 Å². The number of piperidine rings is 1. The molecule has 3 rings (SSSR count). The molecule has 2 heterocycles. The maximum atomic E-state index is 11.9. The average molecular weight is 277 g/mol. The number of amides is 2.